The lowest BCUT2D eigenvalue weighted by Crippen LogP contribution is -2.12. The summed E-state index contributed by atoms with van der Waals surface area (Å²) in [4.78, 5) is 11.6. The molecule has 0 aliphatic heterocycles. The van der Waals surface area contributed by atoms with E-state index in [1.54, 1.807) is 19.1 Å². The molecule has 3 N–H and O–H groups in total. The van der Waals surface area contributed by atoms with Gasteiger partial charge in [0, 0.05) is 17.4 Å². The zero-order valence-electron chi connectivity index (χ0n) is 9.91. The molecule has 4 nitrogen and oxygen atoms in total. The van der Waals surface area contributed by atoms with Crippen molar-refractivity contribution in [3.8, 4) is 0 Å². The van der Waals surface area contributed by atoms with Crippen LogP contribution in [0.5, 0.6) is 0 Å². The van der Waals surface area contributed by atoms with Crippen LogP contribution in [0.2, 0.25) is 0 Å². The first kappa shape index (κ1) is 12.4. The maximum atomic E-state index is 11.6. The lowest BCUT2D eigenvalue weighted by atomic mass is 10.1. The van der Waals surface area contributed by atoms with Gasteiger partial charge in [0.15, 0.2) is 0 Å². The van der Waals surface area contributed by atoms with Gasteiger partial charge >= 0.3 is 5.97 Å². The van der Waals surface area contributed by atoms with Gasteiger partial charge in [0.1, 0.15) is 0 Å². The number of rotatable bonds is 4. The van der Waals surface area contributed by atoms with Crippen molar-refractivity contribution in [3.05, 3.63) is 23.8 Å². The Morgan fingerprint density at radius 3 is 2.75 bits per heavy atom. The summed E-state index contributed by atoms with van der Waals surface area (Å²) in [6, 6.07) is 5.57. The van der Waals surface area contributed by atoms with Crippen molar-refractivity contribution in [2.75, 3.05) is 17.7 Å². The molecule has 0 fully saturated rings. The topological polar surface area (TPSA) is 64.3 Å². The SMILES string of the molecule is CCOC(=O)c1cc(NC(C)C)ccc1N. The number of nitrogens with two attached hydrogens (primary N) is 1. The van der Waals surface area contributed by atoms with Crippen LogP contribution in [-0.4, -0.2) is 18.6 Å². The molecule has 4 heteroatoms. The fourth-order valence-corrected chi connectivity index (χ4v) is 1.37. The molecule has 0 unspecified atom stereocenters. The number of esters is 1. The summed E-state index contributed by atoms with van der Waals surface area (Å²) in [7, 11) is 0. The number of hydrogen-bond acceptors (Lipinski definition) is 4. The standard InChI is InChI=1S/C12H18N2O2/c1-4-16-12(15)10-7-9(14-8(2)3)5-6-11(10)13/h5-8,14H,4,13H2,1-3H3. The van der Waals surface area contributed by atoms with Gasteiger partial charge in [-0.25, -0.2) is 4.79 Å². The number of nitrogen functional groups attached to an aromatic ring is 1. The second-order valence-corrected chi connectivity index (χ2v) is 3.82. The third kappa shape index (κ3) is 3.15. The first-order valence-electron chi connectivity index (χ1n) is 5.37. The number of benzene rings is 1. The molecule has 0 aromatic heterocycles. The molecule has 16 heavy (non-hydrogen) atoms. The molecule has 88 valence electrons. The molecule has 0 atom stereocenters. The van der Waals surface area contributed by atoms with Crippen LogP contribution in [0.3, 0.4) is 0 Å². The summed E-state index contributed by atoms with van der Waals surface area (Å²) in [5.74, 6) is -0.382. The van der Waals surface area contributed by atoms with Gasteiger partial charge in [-0.1, -0.05) is 0 Å². The Hall–Kier alpha value is -1.71. The second kappa shape index (κ2) is 5.39. The van der Waals surface area contributed by atoms with E-state index in [1.807, 2.05) is 19.9 Å². The minimum Gasteiger partial charge on any atom is -0.462 e. The maximum absolute atomic E-state index is 11.6. The van der Waals surface area contributed by atoms with Gasteiger partial charge in [0.25, 0.3) is 0 Å². The summed E-state index contributed by atoms with van der Waals surface area (Å²) < 4.78 is 4.92. The van der Waals surface area contributed by atoms with E-state index in [0.29, 0.717) is 23.9 Å². The van der Waals surface area contributed by atoms with Crippen LogP contribution in [-0.2, 0) is 4.74 Å². The quantitative estimate of drug-likeness (QED) is 0.606. The summed E-state index contributed by atoms with van der Waals surface area (Å²) in [5.41, 5.74) is 7.44. The lowest BCUT2D eigenvalue weighted by molar-refractivity contribution is 0.0527. The van der Waals surface area contributed by atoms with Crippen LogP contribution in [0.25, 0.3) is 0 Å². The molecule has 0 saturated heterocycles. The first-order chi connectivity index (χ1) is 7.54. The molecule has 0 radical (unpaired) electrons. The van der Waals surface area contributed by atoms with Crippen molar-refractivity contribution in [2.45, 2.75) is 26.8 Å². The average molecular weight is 222 g/mol. The second-order valence-electron chi connectivity index (χ2n) is 3.82. The Kier molecular flexibility index (Phi) is 4.17. The van der Waals surface area contributed by atoms with E-state index in [1.165, 1.54) is 0 Å². The predicted molar refractivity (Wildman–Crippen MR) is 65.6 cm³/mol. The van der Waals surface area contributed by atoms with Gasteiger partial charge in [-0.2, -0.15) is 0 Å². The molecule has 0 bridgehead atoms. The number of nitrogens with one attached hydrogen (secondary N) is 1. The van der Waals surface area contributed by atoms with Crippen molar-refractivity contribution >= 4 is 17.3 Å². The molecule has 1 aromatic carbocycles. The zero-order valence-corrected chi connectivity index (χ0v) is 9.91. The summed E-state index contributed by atoms with van der Waals surface area (Å²) in [5, 5.41) is 3.21. The normalized spacial score (nSPS) is 10.2. The van der Waals surface area contributed by atoms with Crippen molar-refractivity contribution < 1.29 is 9.53 Å². The van der Waals surface area contributed by atoms with Crippen molar-refractivity contribution in [1.29, 1.82) is 0 Å². The Morgan fingerprint density at radius 2 is 2.19 bits per heavy atom. The highest BCUT2D eigenvalue weighted by Crippen LogP contribution is 2.19. The van der Waals surface area contributed by atoms with E-state index in [4.69, 9.17) is 10.5 Å². The smallest absolute Gasteiger partial charge is 0.340 e. The van der Waals surface area contributed by atoms with Gasteiger partial charge in [0.05, 0.1) is 12.2 Å². The maximum Gasteiger partial charge on any atom is 0.340 e. The fraction of sp³-hybridized carbons (Fsp3) is 0.417. The van der Waals surface area contributed by atoms with Gasteiger partial charge in [-0.3, -0.25) is 0 Å². The predicted octanol–water partition coefficient (Wildman–Crippen LogP) is 2.27. The van der Waals surface area contributed by atoms with Gasteiger partial charge < -0.3 is 15.8 Å². The molecule has 0 amide bonds. The Bertz CT molecular complexity index is 375. The van der Waals surface area contributed by atoms with Crippen LogP contribution in [0.15, 0.2) is 18.2 Å². The van der Waals surface area contributed by atoms with E-state index in [9.17, 15) is 4.79 Å². The molecule has 0 spiro atoms. The van der Waals surface area contributed by atoms with Gasteiger partial charge in [-0.15, -0.1) is 0 Å². The number of ether oxygens (including phenoxy) is 1. The molecule has 0 aliphatic carbocycles. The summed E-state index contributed by atoms with van der Waals surface area (Å²) in [6.45, 7) is 6.17. The van der Waals surface area contributed by atoms with Gasteiger partial charge in [0.2, 0.25) is 0 Å². The van der Waals surface area contributed by atoms with Crippen LogP contribution in [0.1, 0.15) is 31.1 Å². The third-order valence-corrected chi connectivity index (χ3v) is 2.00. The Morgan fingerprint density at radius 1 is 1.50 bits per heavy atom. The molecule has 1 rings (SSSR count). The summed E-state index contributed by atoms with van der Waals surface area (Å²) in [6.07, 6.45) is 0. The van der Waals surface area contributed by atoms with Crippen LogP contribution < -0.4 is 11.1 Å². The average Bonchev–Trinajstić information content (AvgIpc) is 2.20. The summed E-state index contributed by atoms with van der Waals surface area (Å²) >= 11 is 0. The lowest BCUT2D eigenvalue weighted by Gasteiger charge is -2.12. The highest BCUT2D eigenvalue weighted by molar-refractivity contribution is 5.96. The molecule has 0 heterocycles. The number of carbonyl (C=O) groups excluding carboxylic acids is 1. The fourth-order valence-electron chi connectivity index (χ4n) is 1.37. The van der Waals surface area contributed by atoms with Crippen LogP contribution >= 0.6 is 0 Å². The highest BCUT2D eigenvalue weighted by Gasteiger charge is 2.11. The Balaban J connectivity index is 2.94. The largest absolute Gasteiger partial charge is 0.462 e. The van der Waals surface area contributed by atoms with Crippen molar-refractivity contribution in [1.82, 2.24) is 0 Å². The van der Waals surface area contributed by atoms with Crippen molar-refractivity contribution in [3.63, 3.8) is 0 Å². The number of carbonyl (C=O) groups is 1. The highest BCUT2D eigenvalue weighted by atomic mass is 16.5. The minimum atomic E-state index is -0.382. The monoisotopic (exact) mass is 222 g/mol. The molecular weight excluding hydrogens is 204 g/mol. The third-order valence-electron chi connectivity index (χ3n) is 2.00. The van der Waals surface area contributed by atoms with Crippen LogP contribution in [0, 0.1) is 0 Å². The molecule has 0 aliphatic rings. The van der Waals surface area contributed by atoms with Crippen molar-refractivity contribution in [2.24, 2.45) is 0 Å². The van der Waals surface area contributed by atoms with Gasteiger partial charge in [-0.05, 0) is 39.0 Å². The first-order valence-corrected chi connectivity index (χ1v) is 5.37. The molecule has 0 saturated carbocycles. The van der Waals surface area contributed by atoms with E-state index < -0.39 is 0 Å². The number of hydrogen-bond donors (Lipinski definition) is 2. The van der Waals surface area contributed by atoms with E-state index in [2.05, 4.69) is 5.32 Å². The number of anilines is 2. The minimum absolute atomic E-state index is 0.304. The van der Waals surface area contributed by atoms with E-state index in [0.717, 1.165) is 5.69 Å². The van der Waals surface area contributed by atoms with Crippen LogP contribution in [0.4, 0.5) is 11.4 Å². The van der Waals surface area contributed by atoms with E-state index >= 15 is 0 Å². The zero-order chi connectivity index (χ0) is 12.1. The Labute approximate surface area is 95.8 Å². The molecule has 1 aromatic rings. The van der Waals surface area contributed by atoms with E-state index in [-0.39, 0.29) is 5.97 Å². The molecular formula is C12H18N2O2.